The van der Waals surface area contributed by atoms with Crippen molar-refractivity contribution in [3.63, 3.8) is 0 Å². The Bertz CT molecular complexity index is 395. The molecule has 0 saturated carbocycles. The smallest absolute Gasteiger partial charge is 0.231 e. The van der Waals surface area contributed by atoms with E-state index in [1.165, 1.54) is 5.69 Å². The van der Waals surface area contributed by atoms with E-state index >= 15 is 0 Å². The molecule has 0 N–H and O–H groups in total. The van der Waals surface area contributed by atoms with Crippen molar-refractivity contribution in [2.45, 2.75) is 13.0 Å². The molecule has 4 nitrogen and oxygen atoms in total. The number of hydrogen-bond acceptors (Lipinski definition) is 3. The van der Waals surface area contributed by atoms with E-state index in [0.29, 0.717) is 12.8 Å². The molecule has 1 fully saturated rings. The lowest BCUT2D eigenvalue weighted by Crippen LogP contribution is -2.45. The molecule has 0 bridgehead atoms. The zero-order chi connectivity index (χ0) is 11.0. The van der Waals surface area contributed by atoms with Crippen molar-refractivity contribution in [2.75, 3.05) is 31.3 Å². The van der Waals surface area contributed by atoms with Crippen molar-refractivity contribution in [1.29, 1.82) is 0 Å². The van der Waals surface area contributed by atoms with Crippen LogP contribution in [0.2, 0.25) is 0 Å². The van der Waals surface area contributed by atoms with E-state index in [2.05, 4.69) is 29.3 Å². The Morgan fingerprint density at radius 1 is 1.31 bits per heavy atom. The van der Waals surface area contributed by atoms with E-state index in [1.54, 1.807) is 0 Å². The molecule has 0 aromatic heterocycles. The molecule has 0 amide bonds. The van der Waals surface area contributed by atoms with Crippen molar-refractivity contribution < 1.29 is 9.47 Å². The van der Waals surface area contributed by atoms with Gasteiger partial charge >= 0.3 is 0 Å². The molecular weight excluding hydrogens is 204 g/mol. The molecule has 1 atom stereocenters. The van der Waals surface area contributed by atoms with Crippen LogP contribution in [0.15, 0.2) is 18.2 Å². The average Bonchev–Trinajstić information content (AvgIpc) is 2.75. The number of fused-ring (bicyclic) bond motifs is 1. The third kappa shape index (κ3) is 1.69. The van der Waals surface area contributed by atoms with Crippen LogP contribution in [-0.2, 0) is 0 Å². The van der Waals surface area contributed by atoms with Gasteiger partial charge in [0.1, 0.15) is 0 Å². The number of hydrogen-bond donors (Lipinski definition) is 0. The SMILES string of the molecule is CC1CN(c2ccc3c(c2)OCO3)CC[N]1. The molecule has 2 heterocycles. The van der Waals surface area contributed by atoms with Crippen molar-refractivity contribution >= 4 is 5.69 Å². The zero-order valence-corrected chi connectivity index (χ0v) is 9.35. The third-order valence-electron chi connectivity index (χ3n) is 3.02. The first-order chi connectivity index (χ1) is 7.83. The number of ether oxygens (including phenoxy) is 2. The summed E-state index contributed by atoms with van der Waals surface area (Å²) in [5.74, 6) is 1.70. The van der Waals surface area contributed by atoms with Crippen LogP contribution < -0.4 is 19.7 Å². The van der Waals surface area contributed by atoms with Crippen LogP contribution in [0.1, 0.15) is 6.92 Å². The molecule has 4 heteroatoms. The predicted molar refractivity (Wildman–Crippen MR) is 61.2 cm³/mol. The minimum absolute atomic E-state index is 0.338. The van der Waals surface area contributed by atoms with Crippen LogP contribution in [0.4, 0.5) is 5.69 Å². The molecule has 0 aliphatic carbocycles. The molecule has 1 aromatic rings. The minimum Gasteiger partial charge on any atom is -0.454 e. The number of anilines is 1. The number of piperazine rings is 1. The van der Waals surface area contributed by atoms with Crippen LogP contribution in [0, 0.1) is 0 Å². The fraction of sp³-hybridized carbons (Fsp3) is 0.500. The molecule has 3 rings (SSSR count). The topological polar surface area (TPSA) is 35.8 Å². The summed E-state index contributed by atoms with van der Waals surface area (Å²) >= 11 is 0. The predicted octanol–water partition coefficient (Wildman–Crippen LogP) is 1.23. The Morgan fingerprint density at radius 3 is 3.06 bits per heavy atom. The third-order valence-corrected chi connectivity index (χ3v) is 3.02. The van der Waals surface area contributed by atoms with Crippen molar-refractivity contribution in [1.82, 2.24) is 5.32 Å². The summed E-state index contributed by atoms with van der Waals surface area (Å²) < 4.78 is 10.7. The highest BCUT2D eigenvalue weighted by atomic mass is 16.7. The van der Waals surface area contributed by atoms with Gasteiger partial charge in [-0.15, -0.1) is 0 Å². The standard InChI is InChI=1S/C12H15N2O2/c1-9-7-14(5-4-13-9)10-2-3-11-12(6-10)16-8-15-11/h2-3,6,9H,4-5,7-8H2,1H3. The molecule has 2 aliphatic heterocycles. The molecule has 85 valence electrons. The van der Waals surface area contributed by atoms with E-state index in [4.69, 9.17) is 9.47 Å². The van der Waals surface area contributed by atoms with Gasteiger partial charge in [-0.2, -0.15) is 0 Å². The van der Waals surface area contributed by atoms with Crippen molar-refractivity contribution in [2.24, 2.45) is 0 Å². The summed E-state index contributed by atoms with van der Waals surface area (Å²) in [6.45, 7) is 5.38. The Hall–Kier alpha value is -1.42. The highest BCUT2D eigenvalue weighted by molar-refractivity contribution is 5.57. The summed E-state index contributed by atoms with van der Waals surface area (Å²) in [5.41, 5.74) is 1.20. The molecule has 1 radical (unpaired) electrons. The maximum absolute atomic E-state index is 5.38. The molecule has 2 aliphatic rings. The van der Waals surface area contributed by atoms with Gasteiger partial charge < -0.3 is 14.4 Å². The number of benzene rings is 1. The lowest BCUT2D eigenvalue weighted by atomic mass is 10.2. The Labute approximate surface area is 95.1 Å². The minimum atomic E-state index is 0.338. The van der Waals surface area contributed by atoms with Gasteiger partial charge in [0.25, 0.3) is 0 Å². The van der Waals surface area contributed by atoms with Gasteiger partial charge in [-0.3, -0.25) is 0 Å². The second kappa shape index (κ2) is 3.87. The van der Waals surface area contributed by atoms with E-state index < -0.39 is 0 Å². The molecule has 1 aromatic carbocycles. The Morgan fingerprint density at radius 2 is 2.19 bits per heavy atom. The molecule has 0 spiro atoms. The summed E-state index contributed by atoms with van der Waals surface area (Å²) in [7, 11) is 0. The van der Waals surface area contributed by atoms with Crippen LogP contribution in [0.25, 0.3) is 0 Å². The van der Waals surface area contributed by atoms with Gasteiger partial charge in [-0.05, 0) is 19.1 Å². The highest BCUT2D eigenvalue weighted by Crippen LogP contribution is 2.35. The maximum Gasteiger partial charge on any atom is 0.231 e. The van der Waals surface area contributed by atoms with Gasteiger partial charge in [-0.1, -0.05) is 0 Å². The van der Waals surface area contributed by atoms with Gasteiger partial charge in [0.15, 0.2) is 11.5 Å². The number of rotatable bonds is 1. The second-order valence-corrected chi connectivity index (χ2v) is 4.24. The van der Waals surface area contributed by atoms with Gasteiger partial charge in [0, 0.05) is 37.4 Å². The van der Waals surface area contributed by atoms with Crippen molar-refractivity contribution in [3.05, 3.63) is 18.2 Å². The van der Waals surface area contributed by atoms with Crippen LogP contribution >= 0.6 is 0 Å². The Kier molecular flexibility index (Phi) is 2.36. The molecule has 1 unspecified atom stereocenters. The van der Waals surface area contributed by atoms with E-state index in [9.17, 15) is 0 Å². The van der Waals surface area contributed by atoms with Crippen LogP contribution in [0.5, 0.6) is 11.5 Å². The van der Waals surface area contributed by atoms with Gasteiger partial charge in [-0.25, -0.2) is 5.32 Å². The first kappa shape index (κ1) is 9.78. The van der Waals surface area contributed by atoms with Gasteiger partial charge in [0.05, 0.1) is 0 Å². The Balaban J connectivity index is 1.83. The van der Waals surface area contributed by atoms with Crippen molar-refractivity contribution in [3.8, 4) is 11.5 Å². The largest absolute Gasteiger partial charge is 0.454 e. The van der Waals surface area contributed by atoms with E-state index in [0.717, 1.165) is 31.1 Å². The summed E-state index contributed by atoms with van der Waals surface area (Å²) in [6.07, 6.45) is 0. The lowest BCUT2D eigenvalue weighted by molar-refractivity contribution is 0.174. The fourth-order valence-corrected chi connectivity index (χ4v) is 2.18. The normalized spacial score (nSPS) is 23.6. The zero-order valence-electron chi connectivity index (χ0n) is 9.35. The molecular formula is C12H15N2O2. The lowest BCUT2D eigenvalue weighted by Gasteiger charge is -2.32. The molecule has 16 heavy (non-hydrogen) atoms. The van der Waals surface area contributed by atoms with E-state index in [-0.39, 0.29) is 0 Å². The van der Waals surface area contributed by atoms with Gasteiger partial charge in [0.2, 0.25) is 6.79 Å². The average molecular weight is 219 g/mol. The molecule has 1 saturated heterocycles. The summed E-state index contributed by atoms with van der Waals surface area (Å²) in [5, 5.41) is 4.48. The van der Waals surface area contributed by atoms with E-state index in [1.807, 2.05) is 6.07 Å². The first-order valence-electron chi connectivity index (χ1n) is 5.64. The second-order valence-electron chi connectivity index (χ2n) is 4.24. The first-order valence-corrected chi connectivity index (χ1v) is 5.64. The van der Waals surface area contributed by atoms with Crippen LogP contribution in [0.3, 0.4) is 0 Å². The maximum atomic E-state index is 5.38. The summed E-state index contributed by atoms with van der Waals surface area (Å²) in [4.78, 5) is 2.35. The fourth-order valence-electron chi connectivity index (χ4n) is 2.18. The summed E-state index contributed by atoms with van der Waals surface area (Å²) in [6, 6.07) is 6.54. The number of nitrogens with zero attached hydrogens (tertiary/aromatic N) is 2. The van der Waals surface area contributed by atoms with Crippen LogP contribution in [-0.4, -0.2) is 32.5 Å². The highest BCUT2D eigenvalue weighted by Gasteiger charge is 2.20. The monoisotopic (exact) mass is 219 g/mol. The quantitative estimate of drug-likeness (QED) is 0.712.